The summed E-state index contributed by atoms with van der Waals surface area (Å²) < 4.78 is 2.33. The molecule has 2 aliphatic rings. The van der Waals surface area contributed by atoms with E-state index in [1.165, 1.54) is 10.9 Å². The number of hydrogen-bond donors (Lipinski definition) is 0. The fourth-order valence-corrected chi connectivity index (χ4v) is 4.51. The molecule has 0 N–H and O–H groups in total. The van der Waals surface area contributed by atoms with Crippen molar-refractivity contribution < 1.29 is 0 Å². The van der Waals surface area contributed by atoms with Gasteiger partial charge in [-0.3, -0.25) is 9.98 Å². The van der Waals surface area contributed by atoms with Crippen molar-refractivity contribution in [3.63, 3.8) is 0 Å². The number of aromatic nitrogens is 2. The van der Waals surface area contributed by atoms with Crippen molar-refractivity contribution in [1.82, 2.24) is 14.5 Å². The maximum absolute atomic E-state index is 5.01. The zero-order chi connectivity index (χ0) is 15.1. The molecule has 0 aromatic carbocycles. The molecule has 0 spiro atoms. The first-order chi connectivity index (χ1) is 10.8. The van der Waals surface area contributed by atoms with Crippen molar-refractivity contribution in [3.8, 4) is 0 Å². The molecular formula is C17H20N4S. The smallest absolute Gasteiger partial charge is 0.160 e. The maximum atomic E-state index is 5.01. The highest BCUT2D eigenvalue weighted by atomic mass is 32.2. The third kappa shape index (κ3) is 2.15. The van der Waals surface area contributed by atoms with Crippen LogP contribution < -0.4 is 0 Å². The van der Waals surface area contributed by atoms with E-state index in [1.807, 2.05) is 24.0 Å². The van der Waals surface area contributed by atoms with Crippen molar-refractivity contribution in [2.24, 2.45) is 4.99 Å². The Morgan fingerprint density at radius 2 is 2.18 bits per heavy atom. The summed E-state index contributed by atoms with van der Waals surface area (Å²) in [4.78, 5) is 12.1. The van der Waals surface area contributed by atoms with Gasteiger partial charge in [-0.15, -0.1) is 0 Å². The molecule has 0 saturated carbocycles. The number of hydrogen-bond acceptors (Lipinski definition) is 4. The molecule has 2 aromatic heterocycles. The molecule has 4 rings (SSSR count). The van der Waals surface area contributed by atoms with Gasteiger partial charge in [0.25, 0.3) is 0 Å². The number of amidine groups is 1. The highest BCUT2D eigenvalue weighted by molar-refractivity contribution is 8.14. The fraction of sp³-hybridized carbons (Fsp3) is 0.412. The van der Waals surface area contributed by atoms with E-state index in [-0.39, 0.29) is 12.1 Å². The first-order valence-electron chi connectivity index (χ1n) is 7.85. The summed E-state index contributed by atoms with van der Waals surface area (Å²) in [5.74, 6) is 0. The molecule has 5 heteroatoms. The summed E-state index contributed by atoms with van der Waals surface area (Å²) in [5, 5.41) is 1.79. The normalized spacial score (nSPS) is 27.1. The van der Waals surface area contributed by atoms with E-state index >= 15 is 0 Å². The van der Waals surface area contributed by atoms with Crippen molar-refractivity contribution in [3.05, 3.63) is 54.1 Å². The molecule has 0 unspecified atom stereocenters. The number of fused-ring (bicyclic) bond motifs is 1. The van der Waals surface area contributed by atoms with Crippen LogP contribution in [0.1, 0.15) is 37.3 Å². The molecule has 3 atom stereocenters. The minimum absolute atomic E-state index is 0.0939. The van der Waals surface area contributed by atoms with Crippen LogP contribution in [-0.4, -0.2) is 31.4 Å². The second kappa shape index (κ2) is 5.47. The predicted octanol–water partition coefficient (Wildman–Crippen LogP) is 3.49. The van der Waals surface area contributed by atoms with Gasteiger partial charge in [-0.25, -0.2) is 0 Å². The van der Waals surface area contributed by atoms with Gasteiger partial charge in [0, 0.05) is 36.4 Å². The van der Waals surface area contributed by atoms with Crippen LogP contribution in [0.4, 0.5) is 0 Å². The Balaban J connectivity index is 1.79. The molecule has 0 amide bonds. The molecule has 2 aliphatic heterocycles. The molecule has 2 aromatic rings. The van der Waals surface area contributed by atoms with E-state index in [0.717, 1.165) is 18.8 Å². The quantitative estimate of drug-likeness (QED) is 0.870. The van der Waals surface area contributed by atoms with Crippen LogP contribution in [0.5, 0.6) is 0 Å². The minimum Gasteiger partial charge on any atom is -0.350 e. The lowest BCUT2D eigenvalue weighted by Crippen LogP contribution is -2.30. The molecular weight excluding hydrogens is 292 g/mol. The second-order valence-corrected chi connectivity index (χ2v) is 7.26. The summed E-state index contributed by atoms with van der Waals surface area (Å²) >= 11 is 1.89. The molecule has 114 valence electrons. The highest BCUT2D eigenvalue weighted by Gasteiger charge is 2.44. The largest absolute Gasteiger partial charge is 0.350 e. The Hall–Kier alpha value is -1.75. The van der Waals surface area contributed by atoms with E-state index in [1.54, 1.807) is 0 Å². The van der Waals surface area contributed by atoms with Gasteiger partial charge in [-0.05, 0) is 31.2 Å². The summed E-state index contributed by atoms with van der Waals surface area (Å²) in [7, 11) is 0. The summed E-state index contributed by atoms with van der Waals surface area (Å²) in [5.41, 5.74) is 2.40. The predicted molar refractivity (Wildman–Crippen MR) is 91.0 cm³/mol. The molecule has 0 aliphatic carbocycles. The van der Waals surface area contributed by atoms with Gasteiger partial charge in [-0.1, -0.05) is 24.8 Å². The molecule has 0 bridgehead atoms. The van der Waals surface area contributed by atoms with Gasteiger partial charge in [0.05, 0.1) is 11.7 Å². The average Bonchev–Trinajstić information content (AvgIpc) is 3.21. The Morgan fingerprint density at radius 3 is 2.95 bits per heavy atom. The van der Waals surface area contributed by atoms with Crippen molar-refractivity contribution >= 4 is 16.9 Å². The molecule has 22 heavy (non-hydrogen) atoms. The van der Waals surface area contributed by atoms with E-state index in [9.17, 15) is 0 Å². The SMILES string of the molecule is CCn1cccc1[C@H]1[C@@H](c2ccccn2)N=C2S[C@@H](C)CN21. The number of aliphatic imine (C=N–C) groups is 1. The van der Waals surface area contributed by atoms with Gasteiger partial charge < -0.3 is 9.47 Å². The average molecular weight is 312 g/mol. The zero-order valence-corrected chi connectivity index (χ0v) is 13.7. The van der Waals surface area contributed by atoms with E-state index < -0.39 is 0 Å². The molecule has 1 fully saturated rings. The standard InChI is InChI=1S/C17H20N4S/c1-3-20-10-6-8-14(20)16-15(13-7-4-5-9-18-13)19-17-21(16)11-12(2)22-17/h4-10,12,15-16H,3,11H2,1-2H3/t12-,15+,16-/m0/s1. The third-order valence-corrected chi connectivity index (χ3v) is 5.49. The third-order valence-electron chi connectivity index (χ3n) is 4.39. The van der Waals surface area contributed by atoms with Crippen LogP contribution in [-0.2, 0) is 6.54 Å². The zero-order valence-electron chi connectivity index (χ0n) is 12.9. The van der Waals surface area contributed by atoms with E-state index in [4.69, 9.17) is 4.99 Å². The lowest BCUT2D eigenvalue weighted by molar-refractivity contribution is 0.307. The van der Waals surface area contributed by atoms with Crippen LogP contribution >= 0.6 is 11.8 Å². The highest BCUT2D eigenvalue weighted by Crippen LogP contribution is 2.47. The van der Waals surface area contributed by atoms with Gasteiger partial charge in [-0.2, -0.15) is 0 Å². The molecule has 4 heterocycles. The van der Waals surface area contributed by atoms with Crippen molar-refractivity contribution in [2.75, 3.05) is 6.54 Å². The maximum Gasteiger partial charge on any atom is 0.160 e. The number of thioether (sulfide) groups is 1. The Kier molecular flexibility index (Phi) is 3.45. The molecule has 1 saturated heterocycles. The number of rotatable bonds is 3. The van der Waals surface area contributed by atoms with Gasteiger partial charge in [0.2, 0.25) is 0 Å². The lowest BCUT2D eigenvalue weighted by atomic mass is 10.0. The first kappa shape index (κ1) is 13.9. The van der Waals surface area contributed by atoms with Crippen LogP contribution in [0.3, 0.4) is 0 Å². The number of aryl methyl sites for hydroxylation is 1. The van der Waals surface area contributed by atoms with Crippen molar-refractivity contribution in [1.29, 1.82) is 0 Å². The van der Waals surface area contributed by atoms with Gasteiger partial charge in [0.1, 0.15) is 6.04 Å². The number of pyridine rings is 1. The summed E-state index contributed by atoms with van der Waals surface area (Å²) in [6, 6.07) is 10.8. The lowest BCUT2D eigenvalue weighted by Gasteiger charge is -2.28. The Morgan fingerprint density at radius 1 is 1.27 bits per heavy atom. The molecule has 0 radical (unpaired) electrons. The number of nitrogens with zero attached hydrogens (tertiary/aromatic N) is 4. The summed E-state index contributed by atoms with van der Waals surface area (Å²) in [6.07, 6.45) is 4.03. The van der Waals surface area contributed by atoms with Gasteiger partial charge in [0.15, 0.2) is 5.17 Å². The Labute approximate surface area is 135 Å². The van der Waals surface area contributed by atoms with E-state index in [2.05, 4.69) is 58.8 Å². The first-order valence-corrected chi connectivity index (χ1v) is 8.73. The van der Waals surface area contributed by atoms with Gasteiger partial charge >= 0.3 is 0 Å². The van der Waals surface area contributed by atoms with Crippen LogP contribution in [0, 0.1) is 0 Å². The van der Waals surface area contributed by atoms with Crippen molar-refractivity contribution in [2.45, 2.75) is 37.7 Å². The monoisotopic (exact) mass is 312 g/mol. The minimum atomic E-state index is 0.0939. The van der Waals surface area contributed by atoms with Crippen LogP contribution in [0.25, 0.3) is 0 Å². The Bertz CT molecular complexity index is 694. The van der Waals surface area contributed by atoms with E-state index in [0.29, 0.717) is 5.25 Å². The second-order valence-electron chi connectivity index (χ2n) is 5.86. The topological polar surface area (TPSA) is 33.4 Å². The fourth-order valence-electron chi connectivity index (χ4n) is 3.42. The van der Waals surface area contributed by atoms with Crippen LogP contribution in [0.2, 0.25) is 0 Å². The summed E-state index contributed by atoms with van der Waals surface area (Å²) in [6.45, 7) is 6.51. The molecule has 4 nitrogen and oxygen atoms in total. The van der Waals surface area contributed by atoms with Crippen LogP contribution in [0.15, 0.2) is 47.7 Å².